The van der Waals surface area contributed by atoms with Crippen molar-refractivity contribution >= 4 is 55.8 Å². The number of anilines is 2. The summed E-state index contributed by atoms with van der Waals surface area (Å²) in [5.74, 6) is 0.652. The molecule has 0 saturated carbocycles. The second-order valence-corrected chi connectivity index (χ2v) is 6.39. The molecule has 26 heavy (non-hydrogen) atoms. The Bertz CT molecular complexity index is 1340. The number of aromatic nitrogens is 4. The highest BCUT2D eigenvalue weighted by atomic mass is 35.5. The molecular weight excluding hydrogens is 350 g/mol. The van der Waals surface area contributed by atoms with E-state index < -0.39 is 0 Å². The molecule has 4 aromatic heterocycles. The zero-order valence-corrected chi connectivity index (χ0v) is 14.1. The van der Waals surface area contributed by atoms with Gasteiger partial charge < -0.3 is 15.3 Å². The summed E-state index contributed by atoms with van der Waals surface area (Å²) in [6, 6.07) is 11.1. The number of H-pyrrole nitrogens is 2. The van der Waals surface area contributed by atoms with Crippen LogP contribution in [0.4, 0.5) is 11.5 Å². The predicted octanol–water partition coefficient (Wildman–Crippen LogP) is 4.35. The van der Waals surface area contributed by atoms with Crippen molar-refractivity contribution < 1.29 is 0 Å². The number of nitrogens with one attached hydrogen (secondary N) is 3. The number of aromatic amines is 2. The summed E-state index contributed by atoms with van der Waals surface area (Å²) in [5.41, 5.74) is 2.79. The maximum absolute atomic E-state index is 12.2. The first kappa shape index (κ1) is 14.9. The van der Waals surface area contributed by atoms with E-state index in [1.165, 1.54) is 0 Å². The number of hydrogen-bond acceptors (Lipinski definition) is 4. The summed E-state index contributed by atoms with van der Waals surface area (Å²) >= 11 is 5.97. The lowest BCUT2D eigenvalue weighted by molar-refractivity contribution is 1.26. The molecule has 5 rings (SSSR count). The van der Waals surface area contributed by atoms with Crippen LogP contribution in [0.5, 0.6) is 0 Å². The summed E-state index contributed by atoms with van der Waals surface area (Å²) < 4.78 is 0. The summed E-state index contributed by atoms with van der Waals surface area (Å²) in [6.07, 6.45) is 5.06. The molecule has 0 fully saturated rings. The zero-order valence-electron chi connectivity index (χ0n) is 13.4. The molecule has 126 valence electrons. The SMILES string of the molecule is O=c1[nH]ccc2c1[nH]c1c3ccncc3nc(Nc3ccc(Cl)cc3)c21. The molecule has 0 bridgehead atoms. The lowest BCUT2D eigenvalue weighted by Crippen LogP contribution is -2.03. The molecular formula is C19H12ClN5O. The minimum absolute atomic E-state index is 0.168. The zero-order chi connectivity index (χ0) is 17.7. The average molecular weight is 362 g/mol. The van der Waals surface area contributed by atoms with E-state index in [4.69, 9.17) is 16.6 Å². The Morgan fingerprint density at radius 3 is 2.69 bits per heavy atom. The van der Waals surface area contributed by atoms with Gasteiger partial charge >= 0.3 is 0 Å². The van der Waals surface area contributed by atoms with Gasteiger partial charge in [0.25, 0.3) is 5.56 Å². The molecule has 7 heteroatoms. The smallest absolute Gasteiger partial charge is 0.272 e. The van der Waals surface area contributed by atoms with Crippen LogP contribution < -0.4 is 10.9 Å². The van der Waals surface area contributed by atoms with E-state index in [0.717, 1.165) is 32.9 Å². The summed E-state index contributed by atoms with van der Waals surface area (Å²) in [4.78, 5) is 27.1. The van der Waals surface area contributed by atoms with Crippen molar-refractivity contribution in [3.63, 3.8) is 0 Å². The lowest BCUT2D eigenvalue weighted by atomic mass is 10.1. The molecule has 4 heterocycles. The number of fused-ring (bicyclic) bond motifs is 5. The maximum Gasteiger partial charge on any atom is 0.272 e. The minimum atomic E-state index is -0.168. The van der Waals surface area contributed by atoms with Crippen LogP contribution in [-0.2, 0) is 0 Å². The fraction of sp³-hybridized carbons (Fsp3) is 0. The Morgan fingerprint density at radius 2 is 1.85 bits per heavy atom. The number of benzene rings is 1. The third-order valence-electron chi connectivity index (χ3n) is 4.38. The van der Waals surface area contributed by atoms with Gasteiger partial charge in [-0.3, -0.25) is 9.78 Å². The number of hydrogen-bond donors (Lipinski definition) is 3. The van der Waals surface area contributed by atoms with Crippen molar-refractivity contribution in [2.45, 2.75) is 0 Å². The summed E-state index contributed by atoms with van der Waals surface area (Å²) in [6.45, 7) is 0. The molecule has 0 aliphatic heterocycles. The van der Waals surface area contributed by atoms with Crippen molar-refractivity contribution in [3.8, 4) is 0 Å². The van der Waals surface area contributed by atoms with E-state index >= 15 is 0 Å². The largest absolute Gasteiger partial charge is 0.349 e. The van der Waals surface area contributed by atoms with Crippen LogP contribution in [-0.4, -0.2) is 19.9 Å². The van der Waals surface area contributed by atoms with E-state index in [9.17, 15) is 4.79 Å². The molecule has 6 nitrogen and oxygen atoms in total. The second-order valence-electron chi connectivity index (χ2n) is 5.96. The Kier molecular flexibility index (Phi) is 3.20. The summed E-state index contributed by atoms with van der Waals surface area (Å²) in [7, 11) is 0. The highest BCUT2D eigenvalue weighted by molar-refractivity contribution is 6.30. The van der Waals surface area contributed by atoms with Crippen molar-refractivity contribution in [1.29, 1.82) is 0 Å². The van der Waals surface area contributed by atoms with E-state index in [1.807, 2.05) is 36.4 Å². The monoisotopic (exact) mass is 361 g/mol. The van der Waals surface area contributed by atoms with E-state index in [2.05, 4.69) is 20.3 Å². The van der Waals surface area contributed by atoms with E-state index in [1.54, 1.807) is 18.6 Å². The minimum Gasteiger partial charge on any atom is -0.349 e. The first-order chi connectivity index (χ1) is 12.7. The third-order valence-corrected chi connectivity index (χ3v) is 4.63. The average Bonchev–Trinajstić information content (AvgIpc) is 3.05. The van der Waals surface area contributed by atoms with Crippen molar-refractivity contribution in [2.75, 3.05) is 5.32 Å². The first-order valence-corrected chi connectivity index (χ1v) is 8.38. The number of halogens is 1. The standard InChI is InChI=1S/C19H12ClN5O/c20-10-1-3-11(4-2-10)23-18-15-13-6-8-22-19(26)17(13)25-16(15)12-5-7-21-9-14(12)24-18/h1-9,25H,(H,22,26)(H,23,24). The van der Waals surface area contributed by atoms with Gasteiger partial charge in [0, 0.05) is 33.9 Å². The van der Waals surface area contributed by atoms with Crippen LogP contribution in [0.2, 0.25) is 5.02 Å². The second kappa shape index (κ2) is 5.57. The predicted molar refractivity (Wildman–Crippen MR) is 104 cm³/mol. The molecule has 0 amide bonds. The highest BCUT2D eigenvalue weighted by Crippen LogP contribution is 2.35. The Labute approximate surface area is 151 Å². The Morgan fingerprint density at radius 1 is 1.00 bits per heavy atom. The van der Waals surface area contributed by atoms with Gasteiger partial charge in [-0.2, -0.15) is 0 Å². The van der Waals surface area contributed by atoms with Crippen molar-refractivity contribution in [3.05, 3.63) is 70.4 Å². The summed E-state index contributed by atoms with van der Waals surface area (Å²) in [5, 5.41) is 6.58. The molecule has 0 atom stereocenters. The van der Waals surface area contributed by atoms with Crippen molar-refractivity contribution in [1.82, 2.24) is 19.9 Å². The van der Waals surface area contributed by atoms with Gasteiger partial charge in [-0.15, -0.1) is 0 Å². The van der Waals surface area contributed by atoms with Crippen molar-refractivity contribution in [2.24, 2.45) is 0 Å². The molecule has 0 saturated heterocycles. The van der Waals surface area contributed by atoms with Crippen LogP contribution in [0, 0.1) is 0 Å². The maximum atomic E-state index is 12.2. The Hall–Kier alpha value is -3.38. The van der Waals surface area contributed by atoms with Gasteiger partial charge in [0.1, 0.15) is 11.3 Å². The molecule has 0 aliphatic carbocycles. The fourth-order valence-electron chi connectivity index (χ4n) is 3.20. The number of pyridine rings is 3. The molecule has 0 spiro atoms. The molecule has 0 unspecified atom stereocenters. The topological polar surface area (TPSA) is 86.5 Å². The molecule has 5 aromatic rings. The third kappa shape index (κ3) is 2.23. The lowest BCUT2D eigenvalue weighted by Gasteiger charge is -2.09. The van der Waals surface area contributed by atoms with Crippen LogP contribution >= 0.6 is 11.6 Å². The van der Waals surface area contributed by atoms with E-state index in [0.29, 0.717) is 16.4 Å². The van der Waals surface area contributed by atoms with Gasteiger partial charge in [0.15, 0.2) is 0 Å². The van der Waals surface area contributed by atoms with Crippen LogP contribution in [0.25, 0.3) is 32.7 Å². The fourth-order valence-corrected chi connectivity index (χ4v) is 3.33. The highest BCUT2D eigenvalue weighted by Gasteiger charge is 2.16. The van der Waals surface area contributed by atoms with Gasteiger partial charge in [0.05, 0.1) is 22.6 Å². The van der Waals surface area contributed by atoms with Gasteiger partial charge in [-0.1, -0.05) is 11.6 Å². The number of rotatable bonds is 2. The van der Waals surface area contributed by atoms with Crippen LogP contribution in [0.3, 0.4) is 0 Å². The van der Waals surface area contributed by atoms with Gasteiger partial charge in [-0.05, 0) is 36.4 Å². The molecule has 0 radical (unpaired) electrons. The van der Waals surface area contributed by atoms with Crippen LogP contribution in [0.1, 0.15) is 0 Å². The van der Waals surface area contributed by atoms with Gasteiger partial charge in [-0.25, -0.2) is 4.98 Å². The molecule has 0 aliphatic rings. The first-order valence-electron chi connectivity index (χ1n) is 8.00. The normalized spacial score (nSPS) is 11.4. The van der Waals surface area contributed by atoms with Crippen LogP contribution in [0.15, 0.2) is 59.8 Å². The molecule has 3 N–H and O–H groups in total. The molecule has 1 aromatic carbocycles. The van der Waals surface area contributed by atoms with Gasteiger partial charge in [0.2, 0.25) is 0 Å². The Balaban J connectivity index is 1.88. The number of nitrogens with zero attached hydrogens (tertiary/aromatic N) is 2. The quantitative estimate of drug-likeness (QED) is 0.436. The van der Waals surface area contributed by atoms with E-state index in [-0.39, 0.29) is 5.56 Å².